The Morgan fingerprint density at radius 2 is 2.38 bits per heavy atom. The van der Waals surface area contributed by atoms with Crippen LogP contribution in [0.5, 0.6) is 0 Å². The third-order valence-electron chi connectivity index (χ3n) is 2.91. The lowest BCUT2D eigenvalue weighted by atomic mass is 9.82. The van der Waals surface area contributed by atoms with Crippen LogP contribution in [0, 0.1) is 5.92 Å². The summed E-state index contributed by atoms with van der Waals surface area (Å²) in [7, 11) is 0. The summed E-state index contributed by atoms with van der Waals surface area (Å²) in [6.45, 7) is 2.18. The number of hydrogen-bond acceptors (Lipinski definition) is 2. The van der Waals surface area contributed by atoms with Crippen LogP contribution >= 0.6 is 0 Å². The van der Waals surface area contributed by atoms with Gasteiger partial charge in [-0.05, 0) is 18.8 Å². The average Bonchev–Trinajstić information content (AvgIpc) is 2.46. The zero-order chi connectivity index (χ0) is 9.10. The van der Waals surface area contributed by atoms with Gasteiger partial charge in [-0.15, -0.1) is 0 Å². The fourth-order valence-corrected chi connectivity index (χ4v) is 1.86. The summed E-state index contributed by atoms with van der Waals surface area (Å²) in [6, 6.07) is 0. The van der Waals surface area contributed by atoms with E-state index >= 15 is 0 Å². The third kappa shape index (κ3) is 1.93. The van der Waals surface area contributed by atoms with Crippen molar-refractivity contribution in [1.82, 2.24) is 4.98 Å². The summed E-state index contributed by atoms with van der Waals surface area (Å²) in [6.07, 6.45) is 9.11. The zero-order valence-corrected chi connectivity index (χ0v) is 8.25. The normalized spacial score (nSPS) is 17.3. The Bertz CT molecular complexity index is 263. The lowest BCUT2D eigenvalue weighted by Crippen LogP contribution is -2.14. The number of nitrogens with zero attached hydrogens (tertiary/aromatic N) is 1. The van der Waals surface area contributed by atoms with Gasteiger partial charge in [0.1, 0.15) is 5.76 Å². The van der Waals surface area contributed by atoms with E-state index in [9.17, 15) is 0 Å². The maximum Gasteiger partial charge on any atom is 0.181 e. The molecule has 0 N–H and O–H groups in total. The molecule has 1 fully saturated rings. The molecule has 1 saturated carbocycles. The standard InChI is InChI=1S/C11H17NO/c1-2-4-11-10(12-8-13-11)7-9-5-3-6-9/h8-9H,2-7H2,1H3. The largest absolute Gasteiger partial charge is 0.448 e. The second-order valence-corrected chi connectivity index (χ2v) is 3.97. The predicted molar refractivity (Wildman–Crippen MR) is 51.5 cm³/mol. The molecule has 0 radical (unpaired) electrons. The van der Waals surface area contributed by atoms with E-state index in [-0.39, 0.29) is 0 Å². The van der Waals surface area contributed by atoms with Crippen LogP contribution in [0.15, 0.2) is 10.8 Å². The first-order chi connectivity index (χ1) is 6.40. The number of aromatic nitrogens is 1. The van der Waals surface area contributed by atoms with E-state index in [1.807, 2.05) is 0 Å². The monoisotopic (exact) mass is 179 g/mol. The Morgan fingerprint density at radius 3 is 3.00 bits per heavy atom. The Morgan fingerprint density at radius 1 is 1.54 bits per heavy atom. The molecular weight excluding hydrogens is 162 g/mol. The molecule has 0 atom stereocenters. The molecule has 0 aliphatic heterocycles. The van der Waals surface area contributed by atoms with Gasteiger partial charge in [0, 0.05) is 6.42 Å². The van der Waals surface area contributed by atoms with Crippen LogP contribution in [-0.2, 0) is 12.8 Å². The highest BCUT2D eigenvalue weighted by molar-refractivity contribution is 5.08. The van der Waals surface area contributed by atoms with Gasteiger partial charge in [-0.2, -0.15) is 0 Å². The first-order valence-corrected chi connectivity index (χ1v) is 5.31. The molecule has 1 aliphatic carbocycles. The SMILES string of the molecule is CCCc1ocnc1CC1CCC1. The second kappa shape index (κ2) is 3.95. The van der Waals surface area contributed by atoms with Crippen LogP contribution in [0.1, 0.15) is 44.1 Å². The van der Waals surface area contributed by atoms with Gasteiger partial charge in [0.2, 0.25) is 0 Å². The lowest BCUT2D eigenvalue weighted by molar-refractivity contribution is 0.310. The number of hydrogen-bond donors (Lipinski definition) is 0. The zero-order valence-electron chi connectivity index (χ0n) is 8.25. The molecule has 0 bridgehead atoms. The third-order valence-corrected chi connectivity index (χ3v) is 2.91. The molecule has 1 aliphatic rings. The molecule has 2 heteroatoms. The van der Waals surface area contributed by atoms with E-state index < -0.39 is 0 Å². The number of rotatable bonds is 4. The first-order valence-electron chi connectivity index (χ1n) is 5.31. The highest BCUT2D eigenvalue weighted by Gasteiger charge is 2.20. The Balaban J connectivity index is 1.96. The molecular formula is C11H17NO. The molecule has 72 valence electrons. The fraction of sp³-hybridized carbons (Fsp3) is 0.727. The average molecular weight is 179 g/mol. The van der Waals surface area contributed by atoms with Crippen molar-refractivity contribution in [2.75, 3.05) is 0 Å². The van der Waals surface area contributed by atoms with Crippen molar-refractivity contribution in [3.63, 3.8) is 0 Å². The first kappa shape index (κ1) is 8.79. The quantitative estimate of drug-likeness (QED) is 0.710. The Kier molecular flexibility index (Phi) is 2.67. The van der Waals surface area contributed by atoms with E-state index in [2.05, 4.69) is 11.9 Å². The maximum absolute atomic E-state index is 5.36. The maximum atomic E-state index is 5.36. The van der Waals surface area contributed by atoms with Crippen molar-refractivity contribution in [3.05, 3.63) is 17.8 Å². The summed E-state index contributed by atoms with van der Waals surface area (Å²) >= 11 is 0. The molecule has 2 nitrogen and oxygen atoms in total. The van der Waals surface area contributed by atoms with Gasteiger partial charge in [0.15, 0.2) is 6.39 Å². The van der Waals surface area contributed by atoms with Crippen LogP contribution in [-0.4, -0.2) is 4.98 Å². The van der Waals surface area contributed by atoms with Crippen LogP contribution in [0.25, 0.3) is 0 Å². The van der Waals surface area contributed by atoms with Crippen molar-refractivity contribution in [1.29, 1.82) is 0 Å². The van der Waals surface area contributed by atoms with Crippen molar-refractivity contribution >= 4 is 0 Å². The highest BCUT2D eigenvalue weighted by atomic mass is 16.3. The molecule has 0 unspecified atom stereocenters. The van der Waals surface area contributed by atoms with E-state index in [0.717, 1.165) is 30.9 Å². The summed E-state index contributed by atoms with van der Waals surface area (Å²) in [5.74, 6) is 2.01. The van der Waals surface area contributed by atoms with Crippen molar-refractivity contribution < 1.29 is 4.42 Å². The highest BCUT2D eigenvalue weighted by Crippen LogP contribution is 2.30. The van der Waals surface area contributed by atoms with E-state index in [1.165, 1.54) is 25.0 Å². The molecule has 1 aromatic rings. The molecule has 0 aromatic carbocycles. The van der Waals surface area contributed by atoms with Crippen LogP contribution in [0.2, 0.25) is 0 Å². The minimum Gasteiger partial charge on any atom is -0.448 e. The Hall–Kier alpha value is -0.790. The van der Waals surface area contributed by atoms with Gasteiger partial charge < -0.3 is 4.42 Å². The number of oxazole rings is 1. The minimum absolute atomic E-state index is 0.890. The van der Waals surface area contributed by atoms with Gasteiger partial charge in [0.25, 0.3) is 0 Å². The molecule has 13 heavy (non-hydrogen) atoms. The molecule has 0 spiro atoms. The molecule has 0 amide bonds. The summed E-state index contributed by atoms with van der Waals surface area (Å²) < 4.78 is 5.36. The second-order valence-electron chi connectivity index (χ2n) is 3.97. The van der Waals surface area contributed by atoms with Gasteiger partial charge in [-0.25, -0.2) is 4.98 Å². The summed E-state index contributed by atoms with van der Waals surface area (Å²) in [5, 5.41) is 0. The Labute approximate surface area is 79.4 Å². The fourth-order valence-electron chi connectivity index (χ4n) is 1.86. The van der Waals surface area contributed by atoms with E-state index in [0.29, 0.717) is 0 Å². The van der Waals surface area contributed by atoms with Crippen LogP contribution in [0.4, 0.5) is 0 Å². The van der Waals surface area contributed by atoms with Crippen molar-refractivity contribution in [3.8, 4) is 0 Å². The molecule has 1 heterocycles. The lowest BCUT2D eigenvalue weighted by Gasteiger charge is -2.24. The van der Waals surface area contributed by atoms with E-state index in [1.54, 1.807) is 6.39 Å². The van der Waals surface area contributed by atoms with Crippen molar-refractivity contribution in [2.45, 2.75) is 45.4 Å². The molecule has 1 aromatic heterocycles. The van der Waals surface area contributed by atoms with Gasteiger partial charge in [-0.3, -0.25) is 0 Å². The van der Waals surface area contributed by atoms with E-state index in [4.69, 9.17) is 4.42 Å². The predicted octanol–water partition coefficient (Wildman–Crippen LogP) is 2.97. The minimum atomic E-state index is 0.890. The molecule has 0 saturated heterocycles. The van der Waals surface area contributed by atoms with Crippen molar-refractivity contribution in [2.24, 2.45) is 5.92 Å². The topological polar surface area (TPSA) is 26.0 Å². The van der Waals surface area contributed by atoms with Crippen LogP contribution in [0.3, 0.4) is 0 Å². The number of aryl methyl sites for hydroxylation is 1. The van der Waals surface area contributed by atoms with Gasteiger partial charge in [0.05, 0.1) is 5.69 Å². The smallest absolute Gasteiger partial charge is 0.181 e. The van der Waals surface area contributed by atoms with Gasteiger partial charge in [-0.1, -0.05) is 26.2 Å². The molecule has 2 rings (SSSR count). The van der Waals surface area contributed by atoms with Crippen LogP contribution < -0.4 is 0 Å². The summed E-state index contributed by atoms with van der Waals surface area (Å²) in [5.41, 5.74) is 1.21. The summed E-state index contributed by atoms with van der Waals surface area (Å²) in [4.78, 5) is 4.29. The van der Waals surface area contributed by atoms with Gasteiger partial charge >= 0.3 is 0 Å².